The van der Waals surface area contributed by atoms with E-state index in [9.17, 15) is 5.11 Å². The number of hydrogen-bond acceptors (Lipinski definition) is 6. The molecule has 50 heavy (non-hydrogen) atoms. The first-order valence-electron chi connectivity index (χ1n) is 16.3. The fourth-order valence-corrected chi connectivity index (χ4v) is 6.75. The fourth-order valence-electron chi connectivity index (χ4n) is 6.75. The van der Waals surface area contributed by atoms with Gasteiger partial charge >= 0.3 is 0 Å². The SMILES string of the molecule is OCc1ccc(-c2c3nc(c(-c4ccncc4)c4ccc([nH]4)c(-c4ccncc4)c4nc(c(-c5ccncc5)c5ccc2[nH]5)C=C4)C=C3)cc1. The average Bonchev–Trinajstić information content (AvgIpc) is 4.01. The number of aromatic amines is 2. The van der Waals surface area contributed by atoms with Crippen molar-refractivity contribution in [1.82, 2.24) is 34.9 Å². The van der Waals surface area contributed by atoms with Gasteiger partial charge in [0.1, 0.15) is 0 Å². The van der Waals surface area contributed by atoms with Crippen LogP contribution in [0.4, 0.5) is 0 Å². The number of aliphatic hydroxyl groups excluding tert-OH is 1. The van der Waals surface area contributed by atoms with Gasteiger partial charge in [-0.1, -0.05) is 24.3 Å². The Hall–Kier alpha value is -6.77. The van der Waals surface area contributed by atoms with Crippen LogP contribution in [0, 0.1) is 0 Å². The topological polar surface area (TPSA) is 116 Å². The molecule has 1 aromatic carbocycles. The minimum Gasteiger partial charge on any atom is -0.392 e. The third-order valence-corrected chi connectivity index (χ3v) is 9.09. The van der Waals surface area contributed by atoms with Gasteiger partial charge in [-0.3, -0.25) is 15.0 Å². The molecule has 0 fully saturated rings. The minimum atomic E-state index is -0.0252. The van der Waals surface area contributed by atoms with E-state index in [0.29, 0.717) is 0 Å². The normalized spacial score (nSPS) is 12.0. The van der Waals surface area contributed by atoms with Crippen molar-refractivity contribution in [3.05, 3.63) is 150 Å². The second-order valence-electron chi connectivity index (χ2n) is 12.1. The predicted octanol–water partition coefficient (Wildman–Crippen LogP) is 9.00. The minimum absolute atomic E-state index is 0.0252. The number of nitrogens with one attached hydrogen (secondary N) is 2. The van der Waals surface area contributed by atoms with Gasteiger partial charge in [0.2, 0.25) is 0 Å². The Labute approximate surface area is 287 Å². The molecule has 8 heterocycles. The van der Waals surface area contributed by atoms with Gasteiger partial charge in [-0.15, -0.1) is 0 Å². The third-order valence-electron chi connectivity index (χ3n) is 9.09. The molecule has 0 radical (unpaired) electrons. The van der Waals surface area contributed by atoms with E-state index in [-0.39, 0.29) is 6.61 Å². The van der Waals surface area contributed by atoms with E-state index in [1.165, 1.54) is 0 Å². The maximum absolute atomic E-state index is 9.78. The first-order chi connectivity index (χ1) is 24.7. The monoisotopic (exact) mass is 647 g/mol. The Morgan fingerprint density at radius 2 is 0.680 bits per heavy atom. The lowest BCUT2D eigenvalue weighted by Crippen LogP contribution is -1.90. The molecule has 6 aromatic heterocycles. The number of hydrogen-bond donors (Lipinski definition) is 3. The van der Waals surface area contributed by atoms with E-state index in [4.69, 9.17) is 9.97 Å². The molecule has 8 nitrogen and oxygen atoms in total. The van der Waals surface area contributed by atoms with Gasteiger partial charge in [0.05, 0.1) is 29.4 Å². The molecule has 2 aliphatic rings. The van der Waals surface area contributed by atoms with Gasteiger partial charge in [-0.2, -0.15) is 0 Å². The van der Waals surface area contributed by atoms with Crippen molar-refractivity contribution in [2.45, 2.75) is 6.61 Å². The number of nitrogens with zero attached hydrogens (tertiary/aromatic N) is 5. The van der Waals surface area contributed by atoms with Gasteiger partial charge in [-0.25, -0.2) is 9.97 Å². The second kappa shape index (κ2) is 12.4. The van der Waals surface area contributed by atoms with Crippen LogP contribution in [-0.2, 0) is 6.61 Å². The maximum atomic E-state index is 9.78. The number of pyridine rings is 3. The largest absolute Gasteiger partial charge is 0.392 e. The summed E-state index contributed by atoms with van der Waals surface area (Å²) in [6.45, 7) is -0.0252. The fraction of sp³-hybridized carbons (Fsp3) is 0.0238. The Balaban J connectivity index is 1.47. The number of aromatic nitrogens is 7. The van der Waals surface area contributed by atoms with Crippen molar-refractivity contribution < 1.29 is 5.11 Å². The van der Waals surface area contributed by atoms with Crippen molar-refractivity contribution in [3.63, 3.8) is 0 Å². The number of H-pyrrole nitrogens is 2. The van der Waals surface area contributed by atoms with Crippen molar-refractivity contribution in [1.29, 1.82) is 0 Å². The molecule has 0 atom stereocenters. The Morgan fingerprint density at radius 3 is 0.980 bits per heavy atom. The average molecular weight is 648 g/mol. The van der Waals surface area contributed by atoms with Gasteiger partial charge in [0.15, 0.2) is 0 Å². The Kier molecular flexibility index (Phi) is 7.26. The highest BCUT2D eigenvalue weighted by atomic mass is 16.3. The summed E-state index contributed by atoms with van der Waals surface area (Å²) < 4.78 is 0. The van der Waals surface area contributed by atoms with Gasteiger partial charge < -0.3 is 15.1 Å². The van der Waals surface area contributed by atoms with E-state index in [1.54, 1.807) is 37.2 Å². The number of benzene rings is 1. The van der Waals surface area contributed by atoms with Crippen molar-refractivity contribution in [2.24, 2.45) is 0 Å². The van der Waals surface area contributed by atoms with E-state index in [1.807, 2.05) is 60.7 Å². The molecule has 238 valence electrons. The molecule has 2 aliphatic heterocycles. The van der Waals surface area contributed by atoms with Crippen LogP contribution in [-0.4, -0.2) is 40.0 Å². The summed E-state index contributed by atoms with van der Waals surface area (Å²) in [5.41, 5.74) is 15.6. The number of fused-ring (bicyclic) bond motifs is 8. The van der Waals surface area contributed by atoms with E-state index < -0.39 is 0 Å². The van der Waals surface area contributed by atoms with Crippen LogP contribution in [0.1, 0.15) is 28.3 Å². The zero-order valence-electron chi connectivity index (χ0n) is 26.7. The molecule has 0 saturated heterocycles. The summed E-state index contributed by atoms with van der Waals surface area (Å²) in [5.74, 6) is 0. The molecule has 7 aromatic rings. The lowest BCUT2D eigenvalue weighted by Gasteiger charge is -2.07. The molecule has 9 rings (SSSR count). The van der Waals surface area contributed by atoms with Crippen LogP contribution in [0.15, 0.2) is 122 Å². The molecule has 8 bridgehead atoms. The first kappa shape index (κ1) is 29.4. The van der Waals surface area contributed by atoms with Crippen molar-refractivity contribution in [2.75, 3.05) is 0 Å². The number of rotatable bonds is 5. The second-order valence-corrected chi connectivity index (χ2v) is 12.1. The van der Waals surface area contributed by atoms with E-state index in [0.717, 1.165) is 94.9 Å². The van der Waals surface area contributed by atoms with Crippen LogP contribution >= 0.6 is 0 Å². The van der Waals surface area contributed by atoms with Crippen molar-refractivity contribution >= 4 is 46.4 Å². The molecule has 0 unspecified atom stereocenters. The van der Waals surface area contributed by atoms with Crippen LogP contribution < -0.4 is 0 Å². The zero-order valence-corrected chi connectivity index (χ0v) is 26.7. The Bertz CT molecular complexity index is 2570. The zero-order chi connectivity index (χ0) is 33.4. The lowest BCUT2D eigenvalue weighted by molar-refractivity contribution is 0.282. The summed E-state index contributed by atoms with van der Waals surface area (Å²) in [7, 11) is 0. The highest BCUT2D eigenvalue weighted by molar-refractivity contribution is 5.99. The molecular weight excluding hydrogens is 619 g/mol. The smallest absolute Gasteiger partial charge is 0.0737 e. The maximum Gasteiger partial charge on any atom is 0.0737 e. The molecule has 0 saturated carbocycles. The summed E-state index contributed by atoms with van der Waals surface area (Å²) >= 11 is 0. The van der Waals surface area contributed by atoms with Gasteiger partial charge in [0.25, 0.3) is 0 Å². The molecule has 0 spiro atoms. The molecule has 8 heteroatoms. The highest BCUT2D eigenvalue weighted by Gasteiger charge is 2.19. The quantitative estimate of drug-likeness (QED) is 0.172. The van der Waals surface area contributed by atoms with E-state index >= 15 is 0 Å². The van der Waals surface area contributed by atoms with E-state index in [2.05, 4.69) is 73.5 Å². The summed E-state index contributed by atoms with van der Waals surface area (Å²) in [4.78, 5) is 31.0. The van der Waals surface area contributed by atoms with Crippen LogP contribution in [0.25, 0.3) is 90.9 Å². The van der Waals surface area contributed by atoms with Gasteiger partial charge in [0, 0.05) is 81.5 Å². The third kappa shape index (κ3) is 5.20. The lowest BCUT2D eigenvalue weighted by atomic mass is 10.0. The van der Waals surface area contributed by atoms with Crippen LogP contribution in [0.3, 0.4) is 0 Å². The molecule has 0 aliphatic carbocycles. The van der Waals surface area contributed by atoms with Crippen LogP contribution in [0.5, 0.6) is 0 Å². The molecule has 3 N–H and O–H groups in total. The molecule has 0 amide bonds. The summed E-state index contributed by atoms with van der Waals surface area (Å²) in [6, 6.07) is 28.4. The Morgan fingerprint density at radius 1 is 0.380 bits per heavy atom. The standard InChI is InChI=1S/C42H29N7O/c50-25-26-1-3-27(4-2-26)39-31-5-7-33(46-31)40(28-13-19-43-20-14-28)35-9-11-37(48-35)42(30-17-23-45-24-18-30)38-12-10-36(49-38)41(29-15-21-44-22-16-29)34-8-6-32(39)47-34/h1-24,46,49-50H,25H2. The summed E-state index contributed by atoms with van der Waals surface area (Å²) in [6.07, 6.45) is 19.1. The van der Waals surface area contributed by atoms with Crippen LogP contribution in [0.2, 0.25) is 0 Å². The molecular formula is C42H29N7O. The first-order valence-corrected chi connectivity index (χ1v) is 16.3. The summed E-state index contributed by atoms with van der Waals surface area (Å²) in [5, 5.41) is 9.78. The van der Waals surface area contributed by atoms with Crippen molar-refractivity contribution in [3.8, 4) is 44.5 Å². The number of aliphatic hydroxyl groups is 1. The predicted molar refractivity (Wildman–Crippen MR) is 200 cm³/mol. The van der Waals surface area contributed by atoms with Gasteiger partial charge in [-0.05, 0) is 113 Å². The highest BCUT2D eigenvalue weighted by Crippen LogP contribution is 2.38.